The van der Waals surface area contributed by atoms with Gasteiger partial charge in [0.1, 0.15) is 5.01 Å². The Labute approximate surface area is 91.5 Å². The molecule has 0 saturated heterocycles. The monoisotopic (exact) mass is 229 g/mol. The molecule has 0 unspecified atom stereocenters. The zero-order chi connectivity index (χ0) is 10.6. The first kappa shape index (κ1) is 11.1. The fourth-order valence-electron chi connectivity index (χ4n) is 0.878. The second-order valence-electron chi connectivity index (χ2n) is 2.78. The Morgan fingerprint density at radius 3 is 3.00 bits per heavy atom. The third-order valence-corrected chi connectivity index (χ3v) is 2.50. The number of nitrogens with one attached hydrogen (secondary N) is 1. The Morgan fingerprint density at radius 1 is 1.79 bits per heavy atom. The smallest absolute Gasteiger partial charge is 0.227 e. The normalized spacial score (nSPS) is 9.79. The first-order chi connectivity index (χ1) is 6.58. The van der Waals surface area contributed by atoms with Crippen LogP contribution >= 0.6 is 23.6 Å². The van der Waals surface area contributed by atoms with Gasteiger partial charge in [0, 0.05) is 11.1 Å². The Balaban J connectivity index is 2.34. The van der Waals surface area contributed by atoms with Crippen LogP contribution in [0.1, 0.15) is 16.3 Å². The molecule has 0 spiro atoms. The molecule has 0 aromatic carbocycles. The second kappa shape index (κ2) is 5.02. The van der Waals surface area contributed by atoms with Gasteiger partial charge in [-0.25, -0.2) is 4.98 Å². The third-order valence-electron chi connectivity index (χ3n) is 1.44. The van der Waals surface area contributed by atoms with Gasteiger partial charge in [0.2, 0.25) is 5.91 Å². The largest absolute Gasteiger partial charge is 0.393 e. The average molecular weight is 229 g/mol. The molecule has 3 N–H and O–H groups in total. The van der Waals surface area contributed by atoms with Crippen molar-refractivity contribution in [3.05, 3.63) is 16.1 Å². The Morgan fingerprint density at radius 2 is 2.50 bits per heavy atom. The molecule has 1 heterocycles. The van der Waals surface area contributed by atoms with Crippen LogP contribution in [0.25, 0.3) is 0 Å². The summed E-state index contributed by atoms with van der Waals surface area (Å²) in [5.41, 5.74) is 5.22. The summed E-state index contributed by atoms with van der Waals surface area (Å²) in [6.45, 7) is 2.41. The molecular weight excluding hydrogens is 218 g/mol. The van der Waals surface area contributed by atoms with Gasteiger partial charge in [0.25, 0.3) is 0 Å². The summed E-state index contributed by atoms with van der Waals surface area (Å²) in [6.07, 6.45) is 1.87. The van der Waals surface area contributed by atoms with Gasteiger partial charge in [0.15, 0.2) is 0 Å². The van der Waals surface area contributed by atoms with Gasteiger partial charge >= 0.3 is 0 Å². The summed E-state index contributed by atoms with van der Waals surface area (Å²) in [5, 5.41) is 3.57. The molecule has 0 aliphatic heterocycles. The predicted molar refractivity (Wildman–Crippen MR) is 60.1 cm³/mol. The Bertz CT molecular complexity index is 348. The van der Waals surface area contributed by atoms with E-state index in [1.165, 1.54) is 0 Å². The molecule has 1 rings (SSSR count). The zero-order valence-electron chi connectivity index (χ0n) is 7.74. The molecule has 0 aliphatic rings. The highest BCUT2D eigenvalue weighted by Crippen LogP contribution is 2.10. The number of hydrogen-bond donors (Lipinski definition) is 2. The van der Waals surface area contributed by atoms with E-state index in [0.29, 0.717) is 6.54 Å². The molecule has 14 heavy (non-hydrogen) atoms. The molecule has 0 fully saturated rings. The number of aryl methyl sites for hydroxylation is 1. The van der Waals surface area contributed by atoms with Gasteiger partial charge < -0.3 is 11.1 Å². The van der Waals surface area contributed by atoms with Crippen LogP contribution in [0.3, 0.4) is 0 Å². The second-order valence-corrected chi connectivity index (χ2v) is 4.63. The number of nitrogens with zero attached hydrogens (tertiary/aromatic N) is 1. The number of hydrogen-bond acceptors (Lipinski definition) is 4. The van der Waals surface area contributed by atoms with Crippen LogP contribution < -0.4 is 11.1 Å². The van der Waals surface area contributed by atoms with Gasteiger partial charge in [-0.15, -0.1) is 11.3 Å². The van der Waals surface area contributed by atoms with E-state index < -0.39 is 0 Å². The van der Waals surface area contributed by atoms with Crippen LogP contribution in [0.2, 0.25) is 0 Å². The van der Waals surface area contributed by atoms with Crippen molar-refractivity contribution in [2.45, 2.75) is 19.9 Å². The van der Waals surface area contributed by atoms with Crippen molar-refractivity contribution in [3.8, 4) is 0 Å². The van der Waals surface area contributed by atoms with Crippen molar-refractivity contribution in [2.75, 3.05) is 0 Å². The fraction of sp³-hybridized carbons (Fsp3) is 0.375. The Hall–Kier alpha value is -1.01. The van der Waals surface area contributed by atoms with Crippen LogP contribution in [0, 0.1) is 6.92 Å². The summed E-state index contributed by atoms with van der Waals surface area (Å²) in [6, 6.07) is 0. The van der Waals surface area contributed by atoms with Crippen LogP contribution in [0.4, 0.5) is 0 Å². The first-order valence-corrected chi connectivity index (χ1v) is 5.26. The minimum absolute atomic E-state index is 0.0969. The molecule has 1 amide bonds. The van der Waals surface area contributed by atoms with E-state index >= 15 is 0 Å². The van der Waals surface area contributed by atoms with Crippen molar-refractivity contribution < 1.29 is 4.79 Å². The van der Waals surface area contributed by atoms with Crippen molar-refractivity contribution in [1.82, 2.24) is 10.3 Å². The lowest BCUT2D eigenvalue weighted by Gasteiger charge is -2.00. The summed E-state index contributed by atoms with van der Waals surface area (Å²) < 4.78 is 0. The molecule has 76 valence electrons. The lowest BCUT2D eigenvalue weighted by Crippen LogP contribution is -2.27. The summed E-state index contributed by atoms with van der Waals surface area (Å²) in [5.74, 6) is -0.162. The summed E-state index contributed by atoms with van der Waals surface area (Å²) in [7, 11) is 0. The highest BCUT2D eigenvalue weighted by molar-refractivity contribution is 7.80. The van der Waals surface area contributed by atoms with Crippen molar-refractivity contribution in [3.63, 3.8) is 0 Å². The molecule has 0 radical (unpaired) electrons. The van der Waals surface area contributed by atoms with Gasteiger partial charge in [0.05, 0.1) is 18.0 Å². The van der Waals surface area contributed by atoms with Gasteiger partial charge in [-0.1, -0.05) is 12.2 Å². The molecule has 0 aliphatic carbocycles. The van der Waals surface area contributed by atoms with E-state index in [1.54, 1.807) is 17.5 Å². The van der Waals surface area contributed by atoms with Crippen LogP contribution in [0.15, 0.2) is 6.20 Å². The zero-order valence-corrected chi connectivity index (χ0v) is 9.37. The number of carbonyl (C=O) groups is 1. The fourth-order valence-corrected chi connectivity index (χ4v) is 1.74. The SMILES string of the molecule is Cc1cnc(CNC(=O)CC(N)=S)s1. The minimum Gasteiger partial charge on any atom is -0.393 e. The Kier molecular flexibility index (Phi) is 3.97. The van der Waals surface area contributed by atoms with E-state index in [0.717, 1.165) is 9.88 Å². The maximum absolute atomic E-state index is 11.1. The lowest BCUT2D eigenvalue weighted by atomic mass is 10.4. The third kappa shape index (κ3) is 3.80. The molecule has 1 aromatic rings. The summed E-state index contributed by atoms with van der Waals surface area (Å²) >= 11 is 6.17. The van der Waals surface area contributed by atoms with Crippen LogP contribution in [0.5, 0.6) is 0 Å². The number of amides is 1. The van der Waals surface area contributed by atoms with Crippen molar-refractivity contribution in [2.24, 2.45) is 5.73 Å². The van der Waals surface area contributed by atoms with Crippen LogP contribution in [-0.2, 0) is 11.3 Å². The van der Waals surface area contributed by atoms with E-state index in [2.05, 4.69) is 22.5 Å². The maximum Gasteiger partial charge on any atom is 0.227 e. The van der Waals surface area contributed by atoms with E-state index in [-0.39, 0.29) is 17.3 Å². The topological polar surface area (TPSA) is 68.0 Å². The maximum atomic E-state index is 11.1. The minimum atomic E-state index is -0.162. The molecular formula is C8H11N3OS2. The quantitative estimate of drug-likeness (QED) is 0.747. The number of nitrogens with two attached hydrogens (primary N) is 1. The van der Waals surface area contributed by atoms with E-state index in [4.69, 9.17) is 5.73 Å². The van der Waals surface area contributed by atoms with Crippen LogP contribution in [-0.4, -0.2) is 15.9 Å². The lowest BCUT2D eigenvalue weighted by molar-refractivity contribution is -0.120. The van der Waals surface area contributed by atoms with Crippen molar-refractivity contribution >= 4 is 34.5 Å². The molecule has 0 bridgehead atoms. The number of thiazole rings is 1. The molecule has 0 saturated carbocycles. The summed E-state index contributed by atoms with van der Waals surface area (Å²) in [4.78, 5) is 16.6. The standard InChI is InChI=1S/C8H11N3OS2/c1-5-3-11-8(14-5)4-10-7(12)2-6(9)13/h3H,2,4H2,1H3,(H2,9,13)(H,10,12). The highest BCUT2D eigenvalue weighted by atomic mass is 32.1. The van der Waals surface area contributed by atoms with Gasteiger partial charge in [-0.3, -0.25) is 4.79 Å². The molecule has 6 heteroatoms. The average Bonchev–Trinajstić information content (AvgIpc) is 2.47. The molecule has 0 atom stereocenters. The first-order valence-electron chi connectivity index (χ1n) is 4.04. The van der Waals surface area contributed by atoms with Gasteiger partial charge in [-0.05, 0) is 6.92 Å². The number of thiocarbonyl (C=S) groups is 1. The number of rotatable bonds is 4. The van der Waals surface area contributed by atoms with Gasteiger partial charge in [-0.2, -0.15) is 0 Å². The van der Waals surface area contributed by atoms with E-state index in [9.17, 15) is 4.79 Å². The molecule has 1 aromatic heterocycles. The highest BCUT2D eigenvalue weighted by Gasteiger charge is 2.04. The predicted octanol–water partition coefficient (Wildman–Crippen LogP) is 0.744. The van der Waals surface area contributed by atoms with Crippen molar-refractivity contribution in [1.29, 1.82) is 0 Å². The van der Waals surface area contributed by atoms with E-state index in [1.807, 2.05) is 6.92 Å². The number of carbonyl (C=O) groups excluding carboxylic acids is 1. The number of aromatic nitrogens is 1. The molecule has 4 nitrogen and oxygen atoms in total.